The van der Waals surface area contributed by atoms with Gasteiger partial charge in [0.05, 0.1) is 0 Å². The van der Waals surface area contributed by atoms with Crippen molar-refractivity contribution in [2.24, 2.45) is 10.8 Å². The molecule has 1 atom stereocenters. The van der Waals surface area contributed by atoms with E-state index in [1.807, 2.05) is 0 Å². The number of benzene rings is 1. The highest BCUT2D eigenvalue weighted by molar-refractivity contribution is 5.76. The molecule has 1 aromatic carbocycles. The van der Waals surface area contributed by atoms with Gasteiger partial charge < -0.3 is 0 Å². The number of allylic oxidation sites excluding steroid dienone is 6. The maximum absolute atomic E-state index is 2.33. The fourth-order valence-corrected chi connectivity index (χ4v) is 2.05. The van der Waals surface area contributed by atoms with E-state index >= 15 is 0 Å². The Hall–Kier alpha value is -1.56. The van der Waals surface area contributed by atoms with Gasteiger partial charge in [0.2, 0.25) is 0 Å². The third-order valence-corrected chi connectivity index (χ3v) is 4.05. The number of hydrogen-bond donors (Lipinski definition) is 0. The van der Waals surface area contributed by atoms with Gasteiger partial charge in [0.15, 0.2) is 0 Å². The summed E-state index contributed by atoms with van der Waals surface area (Å²) in [6.07, 6.45) is 11.3. The van der Waals surface area contributed by atoms with Crippen LogP contribution in [0.1, 0.15) is 33.3 Å². The zero-order chi connectivity index (χ0) is 13.2. The fraction of sp³-hybridized carbons (Fsp3) is 0.333. The normalized spacial score (nSPS) is 23.7. The molecular weight excluding hydrogens is 216 g/mol. The Labute approximate surface area is 111 Å². The van der Waals surface area contributed by atoms with Crippen LogP contribution in [0.3, 0.4) is 0 Å². The highest BCUT2D eigenvalue weighted by Gasteiger charge is 2.32. The Morgan fingerprint density at radius 2 is 1.61 bits per heavy atom. The molecule has 0 bridgehead atoms. The smallest absolute Gasteiger partial charge is 0.00875 e. The zero-order valence-corrected chi connectivity index (χ0v) is 11.8. The molecule has 94 valence electrons. The highest BCUT2D eigenvalue weighted by atomic mass is 14.4. The van der Waals surface area contributed by atoms with Crippen LogP contribution < -0.4 is 0 Å². The molecule has 0 saturated carbocycles. The van der Waals surface area contributed by atoms with E-state index in [4.69, 9.17) is 0 Å². The molecule has 1 aliphatic carbocycles. The minimum Gasteiger partial charge on any atom is -0.0743 e. The molecule has 0 nitrogen and oxygen atoms in total. The average Bonchev–Trinajstić information content (AvgIpc) is 2.53. The highest BCUT2D eigenvalue weighted by Crippen LogP contribution is 2.42. The Kier molecular flexibility index (Phi) is 3.30. The van der Waals surface area contributed by atoms with E-state index in [0.717, 1.165) is 0 Å². The third kappa shape index (κ3) is 2.48. The first kappa shape index (κ1) is 12.9. The van der Waals surface area contributed by atoms with E-state index in [-0.39, 0.29) is 10.8 Å². The predicted octanol–water partition coefficient (Wildman–Crippen LogP) is 5.25. The van der Waals surface area contributed by atoms with Crippen LogP contribution in [-0.4, -0.2) is 0 Å². The lowest BCUT2D eigenvalue weighted by Crippen LogP contribution is -2.28. The first-order valence-corrected chi connectivity index (χ1v) is 6.57. The van der Waals surface area contributed by atoms with Crippen LogP contribution in [0.25, 0.3) is 5.57 Å². The largest absolute Gasteiger partial charge is 0.0743 e. The standard InChI is InChI=1S/C18H22/c1-17(2,3)18(4)13-8-11-16(12-14-18)15-9-6-5-7-10-15/h5-14H,1-4H3. The topological polar surface area (TPSA) is 0 Å². The Balaban J connectivity index is 2.35. The first-order valence-electron chi connectivity index (χ1n) is 6.57. The summed E-state index contributed by atoms with van der Waals surface area (Å²) >= 11 is 0. The van der Waals surface area contributed by atoms with E-state index < -0.39 is 0 Å². The molecule has 0 fully saturated rings. The molecule has 0 heterocycles. The van der Waals surface area contributed by atoms with Crippen molar-refractivity contribution in [2.75, 3.05) is 0 Å². The van der Waals surface area contributed by atoms with E-state index in [1.54, 1.807) is 0 Å². The summed E-state index contributed by atoms with van der Waals surface area (Å²) in [5, 5.41) is 0. The second-order valence-electron chi connectivity index (χ2n) is 6.21. The molecule has 0 aromatic heterocycles. The Bertz CT molecular complexity index is 495. The summed E-state index contributed by atoms with van der Waals surface area (Å²) in [7, 11) is 0. The van der Waals surface area contributed by atoms with E-state index in [0.29, 0.717) is 0 Å². The number of rotatable bonds is 1. The van der Waals surface area contributed by atoms with Gasteiger partial charge in [-0.2, -0.15) is 0 Å². The second-order valence-corrected chi connectivity index (χ2v) is 6.21. The van der Waals surface area contributed by atoms with Crippen LogP contribution in [0.2, 0.25) is 0 Å². The zero-order valence-electron chi connectivity index (χ0n) is 11.8. The van der Waals surface area contributed by atoms with E-state index in [2.05, 4.69) is 88.4 Å². The quantitative estimate of drug-likeness (QED) is 0.627. The Morgan fingerprint density at radius 3 is 2.22 bits per heavy atom. The molecule has 1 aliphatic rings. The van der Waals surface area contributed by atoms with Crippen molar-refractivity contribution in [3.05, 3.63) is 66.3 Å². The van der Waals surface area contributed by atoms with E-state index in [1.165, 1.54) is 11.1 Å². The third-order valence-electron chi connectivity index (χ3n) is 4.05. The SMILES string of the molecule is CC(C)(C)C1(C)C=CC=C(c2ccccc2)C=C1. The molecule has 0 spiro atoms. The van der Waals surface area contributed by atoms with Gasteiger partial charge in [-0.3, -0.25) is 0 Å². The van der Waals surface area contributed by atoms with E-state index in [9.17, 15) is 0 Å². The molecule has 0 saturated heterocycles. The van der Waals surface area contributed by atoms with Crippen LogP contribution >= 0.6 is 0 Å². The van der Waals surface area contributed by atoms with Crippen LogP contribution in [0, 0.1) is 10.8 Å². The van der Waals surface area contributed by atoms with Crippen molar-refractivity contribution < 1.29 is 0 Å². The van der Waals surface area contributed by atoms with Crippen LogP contribution in [0.15, 0.2) is 60.7 Å². The second kappa shape index (κ2) is 4.61. The lowest BCUT2D eigenvalue weighted by molar-refractivity contribution is 0.228. The molecule has 0 amide bonds. The van der Waals surface area contributed by atoms with Gasteiger partial charge in [-0.15, -0.1) is 0 Å². The van der Waals surface area contributed by atoms with Crippen LogP contribution in [0.4, 0.5) is 0 Å². The minimum absolute atomic E-state index is 0.0973. The van der Waals surface area contributed by atoms with Gasteiger partial charge in [0, 0.05) is 5.41 Å². The minimum atomic E-state index is 0.0973. The van der Waals surface area contributed by atoms with Crippen molar-refractivity contribution in [2.45, 2.75) is 27.7 Å². The Morgan fingerprint density at radius 1 is 0.944 bits per heavy atom. The average molecular weight is 238 g/mol. The molecule has 18 heavy (non-hydrogen) atoms. The van der Waals surface area contributed by atoms with Gasteiger partial charge >= 0.3 is 0 Å². The molecule has 2 rings (SSSR count). The molecule has 1 aromatic rings. The van der Waals surface area contributed by atoms with Crippen molar-refractivity contribution in [3.8, 4) is 0 Å². The van der Waals surface area contributed by atoms with Crippen molar-refractivity contribution in [1.29, 1.82) is 0 Å². The molecule has 0 radical (unpaired) electrons. The van der Waals surface area contributed by atoms with Crippen molar-refractivity contribution >= 4 is 5.57 Å². The lowest BCUT2D eigenvalue weighted by atomic mass is 9.68. The molecule has 1 unspecified atom stereocenters. The van der Waals surface area contributed by atoms with Gasteiger partial charge in [0.1, 0.15) is 0 Å². The lowest BCUT2D eigenvalue weighted by Gasteiger charge is -2.37. The van der Waals surface area contributed by atoms with Gasteiger partial charge in [-0.25, -0.2) is 0 Å². The summed E-state index contributed by atoms with van der Waals surface area (Å²) in [6, 6.07) is 10.5. The van der Waals surface area contributed by atoms with Crippen molar-refractivity contribution in [3.63, 3.8) is 0 Å². The van der Waals surface area contributed by atoms with Crippen molar-refractivity contribution in [1.82, 2.24) is 0 Å². The molecule has 0 N–H and O–H groups in total. The monoisotopic (exact) mass is 238 g/mol. The van der Waals surface area contributed by atoms with Gasteiger partial charge in [-0.1, -0.05) is 88.4 Å². The summed E-state index contributed by atoms with van der Waals surface area (Å²) in [5.41, 5.74) is 2.87. The summed E-state index contributed by atoms with van der Waals surface area (Å²) < 4.78 is 0. The van der Waals surface area contributed by atoms with Gasteiger partial charge in [-0.05, 0) is 16.6 Å². The van der Waals surface area contributed by atoms with Crippen LogP contribution in [0.5, 0.6) is 0 Å². The number of hydrogen-bond acceptors (Lipinski definition) is 0. The summed E-state index contributed by atoms with van der Waals surface area (Å²) in [5.74, 6) is 0. The maximum atomic E-state index is 2.33. The molecular formula is C18H22. The predicted molar refractivity (Wildman–Crippen MR) is 80.3 cm³/mol. The summed E-state index contributed by atoms with van der Waals surface area (Å²) in [6.45, 7) is 9.15. The van der Waals surface area contributed by atoms with Gasteiger partial charge in [0.25, 0.3) is 0 Å². The maximum Gasteiger partial charge on any atom is 0.00875 e. The molecule has 0 aliphatic heterocycles. The molecule has 0 heteroatoms. The van der Waals surface area contributed by atoms with Crippen LogP contribution in [-0.2, 0) is 0 Å². The summed E-state index contributed by atoms with van der Waals surface area (Å²) in [4.78, 5) is 0. The first-order chi connectivity index (χ1) is 8.42. The fourth-order valence-electron chi connectivity index (χ4n) is 2.05.